The summed E-state index contributed by atoms with van der Waals surface area (Å²) in [6.45, 7) is 1.95. The highest BCUT2D eigenvalue weighted by Crippen LogP contribution is 2.32. The van der Waals surface area contributed by atoms with Gasteiger partial charge in [-0.3, -0.25) is 14.6 Å². The maximum absolute atomic E-state index is 4.69. The lowest BCUT2D eigenvalue weighted by Crippen LogP contribution is -2.23. The fourth-order valence-electron chi connectivity index (χ4n) is 3.24. The zero-order valence-electron chi connectivity index (χ0n) is 14.1. The molecule has 8 nitrogen and oxygen atoms in total. The quantitative estimate of drug-likeness (QED) is 0.763. The molecule has 0 radical (unpaired) electrons. The monoisotopic (exact) mass is 336 g/mol. The van der Waals surface area contributed by atoms with Gasteiger partial charge in [-0.1, -0.05) is 0 Å². The van der Waals surface area contributed by atoms with Gasteiger partial charge < -0.3 is 5.32 Å². The first-order chi connectivity index (χ1) is 12.3. The van der Waals surface area contributed by atoms with Gasteiger partial charge in [0.25, 0.3) is 0 Å². The Hall–Kier alpha value is -2.87. The second-order valence-corrected chi connectivity index (χ2v) is 6.17. The van der Waals surface area contributed by atoms with Crippen LogP contribution in [-0.2, 0) is 13.6 Å². The summed E-state index contributed by atoms with van der Waals surface area (Å²) in [5.74, 6) is 1.18. The first-order valence-electron chi connectivity index (χ1n) is 8.35. The molecule has 0 saturated carbocycles. The lowest BCUT2D eigenvalue weighted by molar-refractivity contribution is 0.244. The summed E-state index contributed by atoms with van der Waals surface area (Å²) in [6, 6.07) is 2.29. The Kier molecular flexibility index (Phi) is 4.34. The van der Waals surface area contributed by atoms with Crippen molar-refractivity contribution in [1.29, 1.82) is 0 Å². The number of hydrogen-bond acceptors (Lipinski definition) is 7. The number of rotatable bonds is 5. The molecule has 0 aliphatic carbocycles. The van der Waals surface area contributed by atoms with E-state index in [-0.39, 0.29) is 0 Å². The molecule has 0 unspecified atom stereocenters. The zero-order chi connectivity index (χ0) is 17.1. The normalized spacial score (nSPS) is 17.7. The van der Waals surface area contributed by atoms with E-state index in [1.54, 1.807) is 24.8 Å². The van der Waals surface area contributed by atoms with Crippen molar-refractivity contribution in [3.8, 4) is 0 Å². The Labute approximate surface area is 146 Å². The van der Waals surface area contributed by atoms with Gasteiger partial charge >= 0.3 is 0 Å². The molecule has 1 fully saturated rings. The van der Waals surface area contributed by atoms with E-state index >= 15 is 0 Å². The minimum Gasteiger partial charge on any atom is -0.307 e. The molecular weight excluding hydrogens is 316 g/mol. The maximum atomic E-state index is 4.69. The highest BCUT2D eigenvalue weighted by Gasteiger charge is 2.27. The van der Waals surface area contributed by atoms with Crippen LogP contribution in [0.1, 0.15) is 30.1 Å². The van der Waals surface area contributed by atoms with Crippen LogP contribution in [-0.4, -0.2) is 41.2 Å². The third-order valence-electron chi connectivity index (χ3n) is 4.33. The molecule has 4 rings (SSSR count). The maximum Gasteiger partial charge on any atom is 0.228 e. The Morgan fingerprint density at radius 2 is 2.16 bits per heavy atom. The number of anilines is 2. The molecular formula is C17H20N8. The summed E-state index contributed by atoms with van der Waals surface area (Å²) in [5, 5.41) is 7.37. The van der Waals surface area contributed by atoms with Crippen molar-refractivity contribution in [3.63, 3.8) is 0 Å². The fourth-order valence-corrected chi connectivity index (χ4v) is 3.24. The summed E-state index contributed by atoms with van der Waals surface area (Å²) in [7, 11) is 1.94. The summed E-state index contributed by atoms with van der Waals surface area (Å²) in [5.41, 5.74) is 2.25. The molecule has 1 N–H and O–H groups in total. The van der Waals surface area contributed by atoms with E-state index in [9.17, 15) is 0 Å². The van der Waals surface area contributed by atoms with Crippen LogP contribution in [0.25, 0.3) is 0 Å². The van der Waals surface area contributed by atoms with Crippen LogP contribution >= 0.6 is 0 Å². The summed E-state index contributed by atoms with van der Waals surface area (Å²) >= 11 is 0. The van der Waals surface area contributed by atoms with Crippen molar-refractivity contribution in [1.82, 2.24) is 34.6 Å². The molecule has 1 atom stereocenters. The molecule has 1 saturated heterocycles. The molecule has 3 aromatic heterocycles. The minimum atomic E-state index is 0.297. The number of aromatic nitrogens is 6. The van der Waals surface area contributed by atoms with Gasteiger partial charge in [-0.2, -0.15) is 5.10 Å². The first kappa shape index (κ1) is 15.6. The van der Waals surface area contributed by atoms with E-state index in [4.69, 9.17) is 4.98 Å². The molecule has 8 heteroatoms. The lowest BCUT2D eigenvalue weighted by atomic mass is 10.1. The van der Waals surface area contributed by atoms with Crippen LogP contribution in [0.2, 0.25) is 0 Å². The van der Waals surface area contributed by atoms with Gasteiger partial charge in [-0.25, -0.2) is 15.0 Å². The second kappa shape index (κ2) is 6.94. The largest absolute Gasteiger partial charge is 0.307 e. The predicted molar refractivity (Wildman–Crippen MR) is 92.9 cm³/mol. The molecule has 0 amide bonds. The van der Waals surface area contributed by atoms with Crippen LogP contribution in [0.15, 0.2) is 43.2 Å². The van der Waals surface area contributed by atoms with E-state index in [1.807, 2.05) is 24.0 Å². The van der Waals surface area contributed by atoms with E-state index in [0.29, 0.717) is 17.8 Å². The number of hydrogen-bond donors (Lipinski definition) is 1. The molecule has 0 bridgehead atoms. The average molecular weight is 336 g/mol. The molecule has 25 heavy (non-hydrogen) atoms. The number of aryl methyl sites for hydroxylation is 1. The SMILES string of the molecule is Cn1cc(CN2CCC[C@H]2c2ccnc(Nc3cnccn3)n2)cn1. The van der Waals surface area contributed by atoms with Crippen molar-refractivity contribution >= 4 is 11.8 Å². The number of likely N-dealkylation sites (tertiary alicyclic amines) is 1. The van der Waals surface area contributed by atoms with Crippen LogP contribution in [0, 0.1) is 0 Å². The molecule has 4 heterocycles. The van der Waals surface area contributed by atoms with Crippen LogP contribution < -0.4 is 5.32 Å². The fraction of sp³-hybridized carbons (Fsp3) is 0.353. The average Bonchev–Trinajstić information content (AvgIpc) is 3.25. The van der Waals surface area contributed by atoms with Crippen LogP contribution in [0.4, 0.5) is 11.8 Å². The van der Waals surface area contributed by atoms with Gasteiger partial charge in [0.15, 0.2) is 5.82 Å². The van der Waals surface area contributed by atoms with Crippen molar-refractivity contribution in [2.24, 2.45) is 7.05 Å². The summed E-state index contributed by atoms with van der Waals surface area (Å²) in [4.78, 5) is 19.7. The van der Waals surface area contributed by atoms with Gasteiger partial charge in [-0.15, -0.1) is 0 Å². The summed E-state index contributed by atoms with van der Waals surface area (Å²) < 4.78 is 1.84. The number of nitrogens with one attached hydrogen (secondary N) is 1. The molecule has 128 valence electrons. The van der Waals surface area contributed by atoms with Crippen molar-refractivity contribution < 1.29 is 0 Å². The van der Waals surface area contributed by atoms with E-state index in [0.717, 1.165) is 25.2 Å². The Morgan fingerprint density at radius 3 is 2.96 bits per heavy atom. The third-order valence-corrected chi connectivity index (χ3v) is 4.33. The minimum absolute atomic E-state index is 0.297. The molecule has 1 aliphatic heterocycles. The second-order valence-electron chi connectivity index (χ2n) is 6.17. The number of nitrogens with zero attached hydrogens (tertiary/aromatic N) is 7. The molecule has 3 aromatic rings. The van der Waals surface area contributed by atoms with Crippen molar-refractivity contribution in [3.05, 3.63) is 54.5 Å². The molecule has 1 aliphatic rings. The van der Waals surface area contributed by atoms with E-state index in [1.165, 1.54) is 12.0 Å². The Morgan fingerprint density at radius 1 is 1.20 bits per heavy atom. The zero-order valence-corrected chi connectivity index (χ0v) is 14.1. The van der Waals surface area contributed by atoms with Crippen LogP contribution in [0.3, 0.4) is 0 Å². The van der Waals surface area contributed by atoms with Gasteiger partial charge in [0.1, 0.15) is 0 Å². The molecule has 0 spiro atoms. The first-order valence-corrected chi connectivity index (χ1v) is 8.35. The summed E-state index contributed by atoms with van der Waals surface area (Å²) in [6.07, 6.45) is 13.0. The van der Waals surface area contributed by atoms with E-state index < -0.39 is 0 Å². The highest BCUT2D eigenvalue weighted by atomic mass is 15.3. The Balaban J connectivity index is 1.51. The van der Waals surface area contributed by atoms with Gasteiger partial charge in [0, 0.05) is 43.9 Å². The van der Waals surface area contributed by atoms with Gasteiger partial charge in [-0.05, 0) is 25.5 Å². The third kappa shape index (κ3) is 3.63. The highest BCUT2D eigenvalue weighted by molar-refractivity contribution is 5.45. The van der Waals surface area contributed by atoms with Crippen molar-refractivity contribution in [2.75, 3.05) is 11.9 Å². The topological polar surface area (TPSA) is 84.7 Å². The molecule has 0 aromatic carbocycles. The van der Waals surface area contributed by atoms with Crippen molar-refractivity contribution in [2.45, 2.75) is 25.4 Å². The van der Waals surface area contributed by atoms with Gasteiger partial charge in [0.2, 0.25) is 5.95 Å². The smallest absolute Gasteiger partial charge is 0.228 e. The standard InChI is InChI=1S/C17H20N8/c1-24-11-13(9-21-24)12-25-8-2-3-15(25)14-4-5-20-17(22-14)23-16-10-18-6-7-19-16/h4-7,9-11,15H,2-3,8,12H2,1H3,(H,19,20,22,23)/t15-/m0/s1. The van der Waals surface area contributed by atoms with Gasteiger partial charge in [0.05, 0.1) is 24.1 Å². The lowest BCUT2D eigenvalue weighted by Gasteiger charge is -2.23. The van der Waals surface area contributed by atoms with E-state index in [2.05, 4.69) is 36.5 Å². The predicted octanol–water partition coefficient (Wildman–Crippen LogP) is 2.08. The Bertz CT molecular complexity index is 831. The van der Waals surface area contributed by atoms with Crippen LogP contribution in [0.5, 0.6) is 0 Å².